The van der Waals surface area contributed by atoms with Crippen LogP contribution in [0.25, 0.3) is 0 Å². The van der Waals surface area contributed by atoms with E-state index in [9.17, 15) is 5.11 Å². The molecule has 2 aliphatic rings. The largest absolute Gasteiger partial charge is 0.392 e. The van der Waals surface area contributed by atoms with Gasteiger partial charge in [0.1, 0.15) is 0 Å². The smallest absolute Gasteiger partial charge is 0.0612 e. The first-order chi connectivity index (χ1) is 4.70. The molecule has 1 aliphatic carbocycles. The van der Waals surface area contributed by atoms with Crippen molar-refractivity contribution >= 4 is 0 Å². The Hall–Kier alpha value is -0.0800. The van der Waals surface area contributed by atoms with Gasteiger partial charge in [-0.15, -0.1) is 0 Å². The third kappa shape index (κ3) is 0.663. The monoisotopic (exact) mass is 141 g/mol. The summed E-state index contributed by atoms with van der Waals surface area (Å²) < 4.78 is 0. The van der Waals surface area contributed by atoms with Crippen molar-refractivity contribution in [2.75, 3.05) is 20.1 Å². The first kappa shape index (κ1) is 6.62. The van der Waals surface area contributed by atoms with Crippen molar-refractivity contribution in [3.05, 3.63) is 0 Å². The minimum atomic E-state index is -0.00468. The average Bonchev–Trinajstić information content (AvgIpc) is 2.27. The minimum Gasteiger partial charge on any atom is -0.392 e. The fourth-order valence-corrected chi connectivity index (χ4v) is 2.48. The molecule has 2 nitrogen and oxygen atoms in total. The van der Waals surface area contributed by atoms with Crippen LogP contribution >= 0.6 is 0 Å². The van der Waals surface area contributed by atoms with E-state index in [-0.39, 0.29) is 6.10 Å². The van der Waals surface area contributed by atoms with Crippen molar-refractivity contribution in [1.82, 2.24) is 4.90 Å². The van der Waals surface area contributed by atoms with Gasteiger partial charge >= 0.3 is 0 Å². The highest BCUT2D eigenvalue weighted by Crippen LogP contribution is 2.44. The Labute approximate surface area is 61.8 Å². The van der Waals surface area contributed by atoms with E-state index < -0.39 is 0 Å². The number of fused-ring (bicyclic) bond motifs is 1. The van der Waals surface area contributed by atoms with Crippen molar-refractivity contribution in [1.29, 1.82) is 0 Å². The molecule has 1 saturated heterocycles. The summed E-state index contributed by atoms with van der Waals surface area (Å²) in [5, 5.41) is 9.48. The maximum atomic E-state index is 9.48. The second kappa shape index (κ2) is 1.95. The summed E-state index contributed by atoms with van der Waals surface area (Å²) in [5.41, 5.74) is 0. The normalized spacial score (nSPS) is 54.3. The molecular formula is C8H15NO. The Morgan fingerprint density at radius 1 is 1.30 bits per heavy atom. The van der Waals surface area contributed by atoms with Crippen LogP contribution in [0.15, 0.2) is 0 Å². The third-order valence-corrected chi connectivity index (χ3v) is 3.25. The number of hydrogen-bond acceptors (Lipinski definition) is 2. The van der Waals surface area contributed by atoms with Crippen molar-refractivity contribution in [3.8, 4) is 0 Å². The molecule has 1 saturated carbocycles. The quantitative estimate of drug-likeness (QED) is 0.520. The van der Waals surface area contributed by atoms with Crippen molar-refractivity contribution in [3.63, 3.8) is 0 Å². The molecule has 0 radical (unpaired) electrons. The molecule has 2 heteroatoms. The summed E-state index contributed by atoms with van der Waals surface area (Å²) in [5.74, 6) is 1.94. The highest BCUT2D eigenvalue weighted by Gasteiger charge is 2.50. The lowest BCUT2D eigenvalue weighted by Gasteiger charge is -2.42. The summed E-state index contributed by atoms with van der Waals surface area (Å²) in [6.07, 6.45) is -0.00468. The van der Waals surface area contributed by atoms with Crippen LogP contribution in [0.2, 0.25) is 0 Å². The van der Waals surface area contributed by atoms with Crippen LogP contribution in [-0.2, 0) is 0 Å². The SMILES string of the molecule is CC1C(O)C2CN(C)CC12. The van der Waals surface area contributed by atoms with Crippen LogP contribution in [0.4, 0.5) is 0 Å². The molecule has 10 heavy (non-hydrogen) atoms. The number of aliphatic hydroxyl groups excluding tert-OH is 1. The molecule has 4 unspecified atom stereocenters. The number of aliphatic hydroxyl groups is 1. The molecule has 0 aromatic carbocycles. The lowest BCUT2D eigenvalue weighted by atomic mass is 9.65. The van der Waals surface area contributed by atoms with E-state index in [2.05, 4.69) is 18.9 Å². The lowest BCUT2D eigenvalue weighted by molar-refractivity contribution is -0.0652. The summed E-state index contributed by atoms with van der Waals surface area (Å²) in [4.78, 5) is 2.32. The molecule has 2 rings (SSSR count). The van der Waals surface area contributed by atoms with Gasteiger partial charge in [0.25, 0.3) is 0 Å². The minimum absolute atomic E-state index is 0.00468. The van der Waals surface area contributed by atoms with Gasteiger partial charge in [0.05, 0.1) is 6.10 Å². The van der Waals surface area contributed by atoms with Crippen molar-refractivity contribution in [2.24, 2.45) is 17.8 Å². The van der Waals surface area contributed by atoms with Gasteiger partial charge in [-0.1, -0.05) is 6.92 Å². The van der Waals surface area contributed by atoms with E-state index in [1.165, 1.54) is 6.54 Å². The number of hydrogen-bond donors (Lipinski definition) is 1. The standard InChI is InChI=1S/C8H15NO/c1-5-6-3-9(2)4-7(6)8(5)10/h5-8,10H,3-4H2,1-2H3. The molecule has 1 aliphatic heterocycles. The zero-order valence-electron chi connectivity index (χ0n) is 6.62. The molecular weight excluding hydrogens is 126 g/mol. The van der Waals surface area contributed by atoms with Crippen LogP contribution in [0.5, 0.6) is 0 Å². The molecule has 1 N–H and O–H groups in total. The Bertz CT molecular complexity index is 132. The van der Waals surface area contributed by atoms with Crippen LogP contribution in [0, 0.1) is 17.8 Å². The van der Waals surface area contributed by atoms with E-state index in [0.29, 0.717) is 11.8 Å². The highest BCUT2D eigenvalue weighted by atomic mass is 16.3. The molecule has 2 fully saturated rings. The Balaban J connectivity index is 2.04. The van der Waals surface area contributed by atoms with Gasteiger partial charge < -0.3 is 10.0 Å². The van der Waals surface area contributed by atoms with E-state index in [4.69, 9.17) is 0 Å². The fourth-order valence-electron chi connectivity index (χ4n) is 2.48. The van der Waals surface area contributed by atoms with Gasteiger partial charge in [-0.2, -0.15) is 0 Å². The second-order valence-electron chi connectivity index (χ2n) is 3.90. The van der Waals surface area contributed by atoms with Gasteiger partial charge in [-0.25, -0.2) is 0 Å². The van der Waals surface area contributed by atoms with E-state index in [1.807, 2.05) is 0 Å². The fraction of sp³-hybridized carbons (Fsp3) is 1.00. The predicted octanol–water partition coefficient (Wildman–Crippen LogP) is 0.175. The number of likely N-dealkylation sites (tertiary alicyclic amines) is 1. The van der Waals surface area contributed by atoms with Crippen LogP contribution in [0.3, 0.4) is 0 Å². The predicted molar refractivity (Wildman–Crippen MR) is 39.6 cm³/mol. The van der Waals surface area contributed by atoms with Crippen molar-refractivity contribution < 1.29 is 5.11 Å². The first-order valence-corrected chi connectivity index (χ1v) is 4.07. The number of rotatable bonds is 0. The Morgan fingerprint density at radius 3 is 2.50 bits per heavy atom. The summed E-state index contributed by atoms with van der Waals surface area (Å²) in [6, 6.07) is 0. The van der Waals surface area contributed by atoms with E-state index in [0.717, 1.165) is 12.5 Å². The highest BCUT2D eigenvalue weighted by molar-refractivity contribution is 5.01. The van der Waals surface area contributed by atoms with Gasteiger partial charge in [0.2, 0.25) is 0 Å². The Kier molecular flexibility index (Phi) is 1.29. The van der Waals surface area contributed by atoms with Gasteiger partial charge in [-0.3, -0.25) is 0 Å². The Morgan fingerprint density at radius 2 is 1.90 bits per heavy atom. The zero-order valence-corrected chi connectivity index (χ0v) is 6.62. The van der Waals surface area contributed by atoms with Gasteiger partial charge in [0, 0.05) is 19.0 Å². The van der Waals surface area contributed by atoms with Crippen LogP contribution in [0.1, 0.15) is 6.92 Å². The summed E-state index contributed by atoms with van der Waals surface area (Å²) >= 11 is 0. The molecule has 0 bridgehead atoms. The molecule has 0 aromatic rings. The van der Waals surface area contributed by atoms with Gasteiger partial charge in [0.15, 0.2) is 0 Å². The van der Waals surface area contributed by atoms with Crippen LogP contribution in [-0.4, -0.2) is 36.2 Å². The maximum Gasteiger partial charge on any atom is 0.0612 e. The summed E-state index contributed by atoms with van der Waals surface area (Å²) in [6.45, 7) is 4.46. The molecule has 0 amide bonds. The molecule has 0 spiro atoms. The zero-order chi connectivity index (χ0) is 7.30. The lowest BCUT2D eigenvalue weighted by Crippen LogP contribution is -2.48. The summed E-state index contributed by atoms with van der Waals surface area (Å²) in [7, 11) is 2.14. The average molecular weight is 141 g/mol. The number of nitrogens with zero attached hydrogens (tertiary/aromatic N) is 1. The second-order valence-corrected chi connectivity index (χ2v) is 3.90. The topological polar surface area (TPSA) is 23.5 Å². The van der Waals surface area contributed by atoms with E-state index in [1.54, 1.807) is 0 Å². The molecule has 4 atom stereocenters. The van der Waals surface area contributed by atoms with E-state index >= 15 is 0 Å². The third-order valence-electron chi connectivity index (χ3n) is 3.25. The first-order valence-electron chi connectivity index (χ1n) is 4.07. The molecule has 1 heterocycles. The molecule has 0 aromatic heterocycles. The van der Waals surface area contributed by atoms with Crippen LogP contribution < -0.4 is 0 Å². The van der Waals surface area contributed by atoms with Gasteiger partial charge in [-0.05, 0) is 18.9 Å². The maximum absolute atomic E-state index is 9.48. The van der Waals surface area contributed by atoms with Crippen molar-refractivity contribution in [2.45, 2.75) is 13.0 Å². The molecule has 58 valence electrons.